The largest absolute Gasteiger partial charge is 0.505 e. The van der Waals surface area contributed by atoms with Crippen LogP contribution in [-0.2, 0) is 25.9 Å². The molecule has 4 rings (SSSR count). The lowest BCUT2D eigenvalue weighted by Gasteiger charge is -2.12. The third-order valence-corrected chi connectivity index (χ3v) is 6.98. The van der Waals surface area contributed by atoms with E-state index in [-0.39, 0.29) is 26.9 Å². The highest BCUT2D eigenvalue weighted by atomic mass is 32.2. The molecule has 0 heterocycles. The number of rotatable bonds is 7. The number of nitrogens with zero attached hydrogens (tertiary/aromatic N) is 2. The smallest absolute Gasteiger partial charge is 0.297 e. The average molecular weight is 501 g/mol. The third-order valence-electron chi connectivity index (χ3n) is 5.42. The van der Waals surface area contributed by atoms with E-state index in [1.807, 2.05) is 32.0 Å². The van der Waals surface area contributed by atoms with Gasteiger partial charge in [0.15, 0.2) is 5.75 Å². The highest BCUT2D eigenvalue weighted by molar-refractivity contribution is 7.94. The molecule has 0 aliphatic rings. The van der Waals surface area contributed by atoms with E-state index in [0.717, 1.165) is 11.1 Å². The van der Waals surface area contributed by atoms with Crippen LogP contribution in [0.3, 0.4) is 0 Å². The number of hydrogen-bond acceptors (Lipinski definition) is 9. The third kappa shape index (κ3) is 4.49. The molecule has 0 atom stereocenters. The van der Waals surface area contributed by atoms with Gasteiger partial charge in [0.05, 0.1) is 16.9 Å². The van der Waals surface area contributed by atoms with Gasteiger partial charge in [-0.05, 0) is 47.4 Å². The molecule has 11 heteroatoms. The fourth-order valence-electron chi connectivity index (χ4n) is 3.94. The summed E-state index contributed by atoms with van der Waals surface area (Å²) in [5.74, 6) is -0.217. The Morgan fingerprint density at radius 1 is 1.03 bits per heavy atom. The number of phenols is 1. The first kappa shape index (κ1) is 24.1. The Bertz CT molecular complexity index is 1540. The Hall–Kier alpha value is -3.06. The second-order valence-corrected chi connectivity index (χ2v) is 9.53. The predicted octanol–water partition coefficient (Wildman–Crippen LogP) is 6.66. The molecule has 176 valence electrons. The summed E-state index contributed by atoms with van der Waals surface area (Å²) in [6.45, 7) is 3.76. The molecule has 0 amide bonds. The van der Waals surface area contributed by atoms with Crippen molar-refractivity contribution in [1.29, 1.82) is 0 Å². The lowest BCUT2D eigenvalue weighted by molar-refractivity contribution is -0.432. The molecule has 0 radical (unpaired) electrons. The average Bonchev–Trinajstić information content (AvgIpc) is 2.80. The van der Waals surface area contributed by atoms with Crippen LogP contribution in [0.4, 0.5) is 11.4 Å². The SMILES string of the molecule is CCc1cccc2c(S(=O)(=O)O)c(N=Nc3c(SOOO)cc4cccc(C)c4c3O)ccc12. The zero-order valence-electron chi connectivity index (χ0n) is 18.1. The number of benzene rings is 4. The van der Waals surface area contributed by atoms with E-state index in [4.69, 9.17) is 5.26 Å². The van der Waals surface area contributed by atoms with Crippen LogP contribution in [0.25, 0.3) is 21.5 Å². The number of azo groups is 1. The molecule has 0 fully saturated rings. The minimum absolute atomic E-state index is 0.0347. The van der Waals surface area contributed by atoms with Crippen LogP contribution in [0.1, 0.15) is 18.1 Å². The summed E-state index contributed by atoms with van der Waals surface area (Å²) in [6, 6.07) is 15.4. The van der Waals surface area contributed by atoms with E-state index in [0.29, 0.717) is 40.0 Å². The lowest BCUT2D eigenvalue weighted by atomic mass is 10.0. The Kier molecular flexibility index (Phi) is 6.84. The summed E-state index contributed by atoms with van der Waals surface area (Å²) < 4.78 is 39.1. The van der Waals surface area contributed by atoms with Gasteiger partial charge in [0.25, 0.3) is 10.1 Å². The summed E-state index contributed by atoms with van der Waals surface area (Å²) >= 11 is 0.581. The molecule has 4 aromatic carbocycles. The number of aromatic hydroxyl groups is 1. The van der Waals surface area contributed by atoms with Gasteiger partial charge in [0.2, 0.25) is 0 Å². The molecular weight excluding hydrogens is 480 g/mol. The first-order valence-corrected chi connectivity index (χ1v) is 12.3. The molecule has 0 saturated carbocycles. The predicted molar refractivity (Wildman–Crippen MR) is 128 cm³/mol. The molecule has 34 heavy (non-hydrogen) atoms. The quantitative estimate of drug-likeness (QED) is 0.0842. The molecule has 0 saturated heterocycles. The van der Waals surface area contributed by atoms with E-state index in [1.165, 1.54) is 6.07 Å². The number of aryl methyl sites for hydroxylation is 2. The van der Waals surface area contributed by atoms with E-state index in [2.05, 4.69) is 19.6 Å². The van der Waals surface area contributed by atoms with Gasteiger partial charge >= 0.3 is 0 Å². The van der Waals surface area contributed by atoms with Gasteiger partial charge in [-0.2, -0.15) is 8.42 Å². The standard InChI is InChI=1S/C23H20N2O7S2/c1-3-14-7-5-9-17-16(14)10-11-18(23(17)34(28,29)30)24-25-21-19(33-32-31-27)12-15-8-4-6-13(2)20(15)22(21)26/h4-12,26-27H,3H2,1-2H3,(H,28,29,30). The maximum Gasteiger partial charge on any atom is 0.297 e. The van der Waals surface area contributed by atoms with Crippen molar-refractivity contribution in [3.05, 3.63) is 65.7 Å². The molecule has 0 bridgehead atoms. The van der Waals surface area contributed by atoms with E-state index >= 15 is 0 Å². The maximum atomic E-state index is 12.3. The van der Waals surface area contributed by atoms with Crippen LogP contribution in [0.15, 0.2) is 74.6 Å². The van der Waals surface area contributed by atoms with Gasteiger partial charge in [-0.1, -0.05) is 54.4 Å². The van der Waals surface area contributed by atoms with Gasteiger partial charge in [-0.3, -0.25) is 4.55 Å². The second kappa shape index (κ2) is 9.66. The van der Waals surface area contributed by atoms with E-state index in [9.17, 15) is 18.1 Å². The summed E-state index contributed by atoms with van der Waals surface area (Å²) in [7, 11) is -4.66. The van der Waals surface area contributed by atoms with Gasteiger partial charge in [0.1, 0.15) is 16.3 Å². The molecule has 4 aromatic rings. The molecule has 3 N–H and O–H groups in total. The Balaban J connectivity index is 1.95. The zero-order valence-corrected chi connectivity index (χ0v) is 19.7. The molecule has 0 aliphatic heterocycles. The van der Waals surface area contributed by atoms with Crippen LogP contribution >= 0.6 is 12.0 Å². The van der Waals surface area contributed by atoms with Gasteiger partial charge in [-0.25, -0.2) is 5.26 Å². The van der Waals surface area contributed by atoms with Crippen molar-refractivity contribution in [3.8, 4) is 5.75 Å². The van der Waals surface area contributed by atoms with Crippen molar-refractivity contribution in [3.63, 3.8) is 0 Å². The highest BCUT2D eigenvalue weighted by Gasteiger charge is 2.22. The molecule has 9 nitrogen and oxygen atoms in total. The van der Waals surface area contributed by atoms with Crippen LogP contribution in [0.5, 0.6) is 5.75 Å². The second-order valence-electron chi connectivity index (χ2n) is 7.43. The summed E-state index contributed by atoms with van der Waals surface area (Å²) in [6.07, 6.45) is 0.668. The monoisotopic (exact) mass is 500 g/mol. The molecular formula is C23H20N2O7S2. The van der Waals surface area contributed by atoms with Crippen LogP contribution < -0.4 is 0 Å². The van der Waals surface area contributed by atoms with E-state index in [1.54, 1.807) is 30.3 Å². The summed E-state index contributed by atoms with van der Waals surface area (Å²) in [5, 5.41) is 33.6. The molecule has 0 unspecified atom stereocenters. The van der Waals surface area contributed by atoms with Crippen LogP contribution in [-0.4, -0.2) is 23.3 Å². The number of phenolic OH excluding ortho intramolecular Hbond substituents is 1. The van der Waals surface area contributed by atoms with Gasteiger partial charge < -0.3 is 5.11 Å². The van der Waals surface area contributed by atoms with Crippen LogP contribution in [0.2, 0.25) is 0 Å². The Morgan fingerprint density at radius 3 is 2.50 bits per heavy atom. The van der Waals surface area contributed by atoms with Crippen LogP contribution in [0, 0.1) is 6.92 Å². The van der Waals surface area contributed by atoms with E-state index < -0.39 is 10.1 Å². The summed E-state index contributed by atoms with van der Waals surface area (Å²) in [5.41, 5.74) is 1.54. The van der Waals surface area contributed by atoms with Crippen molar-refractivity contribution >= 4 is 55.1 Å². The van der Waals surface area contributed by atoms with Crippen molar-refractivity contribution in [2.24, 2.45) is 10.2 Å². The molecule has 0 spiro atoms. The van der Waals surface area contributed by atoms with Gasteiger partial charge in [0, 0.05) is 10.8 Å². The fraction of sp³-hybridized carbons (Fsp3) is 0.130. The molecule has 0 aromatic heterocycles. The summed E-state index contributed by atoms with van der Waals surface area (Å²) in [4.78, 5) is -0.138. The number of fused-ring (bicyclic) bond motifs is 2. The maximum absolute atomic E-state index is 12.3. The topological polar surface area (TPSA) is 138 Å². The lowest BCUT2D eigenvalue weighted by Crippen LogP contribution is -2.00. The minimum Gasteiger partial charge on any atom is -0.505 e. The minimum atomic E-state index is -4.66. The molecule has 0 aliphatic carbocycles. The zero-order chi connectivity index (χ0) is 24.5. The van der Waals surface area contributed by atoms with Crippen molar-refractivity contribution in [2.75, 3.05) is 0 Å². The van der Waals surface area contributed by atoms with Crippen molar-refractivity contribution in [2.45, 2.75) is 30.1 Å². The normalized spacial score (nSPS) is 12.2. The first-order valence-electron chi connectivity index (χ1n) is 10.1. The van der Waals surface area contributed by atoms with Crippen molar-refractivity contribution < 1.29 is 32.7 Å². The Morgan fingerprint density at radius 2 is 1.79 bits per heavy atom. The van der Waals surface area contributed by atoms with Gasteiger partial charge in [-0.15, -0.1) is 14.6 Å². The van der Waals surface area contributed by atoms with Crippen molar-refractivity contribution in [1.82, 2.24) is 0 Å². The first-order chi connectivity index (χ1) is 16.3. The number of hydrogen-bond donors (Lipinski definition) is 3. The fourth-order valence-corrected chi connectivity index (χ4v) is 5.26. The highest BCUT2D eigenvalue weighted by Crippen LogP contribution is 2.45. The Labute approximate surface area is 199 Å².